The van der Waals surface area contributed by atoms with Crippen molar-refractivity contribution in [2.45, 2.75) is 31.0 Å². The predicted molar refractivity (Wildman–Crippen MR) is 73.3 cm³/mol. The third-order valence-corrected chi connectivity index (χ3v) is 4.47. The van der Waals surface area contributed by atoms with E-state index in [0.29, 0.717) is 18.2 Å². The molecule has 3 rings (SSSR count). The smallest absolute Gasteiger partial charge is 0.0940 e. The Labute approximate surface area is 118 Å². The summed E-state index contributed by atoms with van der Waals surface area (Å²) in [5.74, 6) is 0.217. The quantitative estimate of drug-likeness (QED) is 0.906. The van der Waals surface area contributed by atoms with Crippen molar-refractivity contribution in [1.82, 2.24) is 0 Å². The number of halogens is 1. The third kappa shape index (κ3) is 2.79. The molecule has 0 bridgehead atoms. The van der Waals surface area contributed by atoms with Crippen LogP contribution in [0.25, 0.3) is 0 Å². The summed E-state index contributed by atoms with van der Waals surface area (Å²) in [7, 11) is 0. The van der Waals surface area contributed by atoms with Gasteiger partial charge in [-0.05, 0) is 36.5 Å². The zero-order valence-corrected chi connectivity index (χ0v) is 11.6. The zero-order valence-electron chi connectivity index (χ0n) is 10.8. The molecule has 104 valence electrons. The number of rotatable bonds is 2. The van der Waals surface area contributed by atoms with E-state index in [-0.39, 0.29) is 11.5 Å². The predicted octanol–water partition coefficient (Wildman–Crippen LogP) is 2.96. The molecule has 2 aliphatic heterocycles. The molecule has 2 fully saturated rings. The molecule has 1 aromatic rings. The number of hydrogen-bond acceptors (Lipinski definition) is 3. The van der Waals surface area contributed by atoms with Gasteiger partial charge in [0, 0.05) is 24.7 Å². The molecule has 19 heavy (non-hydrogen) atoms. The molecule has 3 atom stereocenters. The Morgan fingerprint density at radius 1 is 1.37 bits per heavy atom. The number of aliphatic hydroxyl groups excluding tert-OH is 1. The summed E-state index contributed by atoms with van der Waals surface area (Å²) in [4.78, 5) is 0. The molecule has 1 N–H and O–H groups in total. The zero-order chi connectivity index (χ0) is 13.3. The number of hydrogen-bond donors (Lipinski definition) is 1. The van der Waals surface area contributed by atoms with Gasteiger partial charge in [0.25, 0.3) is 0 Å². The average molecular weight is 283 g/mol. The monoisotopic (exact) mass is 282 g/mol. The summed E-state index contributed by atoms with van der Waals surface area (Å²) < 4.78 is 11.4. The molecular formula is C15H19ClO3. The first-order chi connectivity index (χ1) is 9.19. The lowest BCUT2D eigenvalue weighted by molar-refractivity contribution is -0.117. The molecule has 0 saturated carbocycles. The van der Waals surface area contributed by atoms with Gasteiger partial charge in [0.05, 0.1) is 18.3 Å². The fourth-order valence-electron chi connectivity index (χ4n) is 3.16. The van der Waals surface area contributed by atoms with Crippen molar-refractivity contribution < 1.29 is 14.6 Å². The van der Waals surface area contributed by atoms with Crippen LogP contribution in [0.4, 0.5) is 0 Å². The molecule has 2 saturated heterocycles. The van der Waals surface area contributed by atoms with Gasteiger partial charge >= 0.3 is 0 Å². The second-order valence-corrected chi connectivity index (χ2v) is 6.02. The van der Waals surface area contributed by atoms with Gasteiger partial charge in [-0.2, -0.15) is 0 Å². The number of aliphatic hydroxyl groups is 1. The van der Waals surface area contributed by atoms with Gasteiger partial charge < -0.3 is 14.6 Å². The van der Waals surface area contributed by atoms with E-state index in [1.165, 1.54) is 0 Å². The molecule has 3 unspecified atom stereocenters. The highest BCUT2D eigenvalue weighted by atomic mass is 35.5. The van der Waals surface area contributed by atoms with Gasteiger partial charge in [-0.25, -0.2) is 0 Å². The van der Waals surface area contributed by atoms with E-state index >= 15 is 0 Å². The highest BCUT2D eigenvalue weighted by Crippen LogP contribution is 2.41. The van der Waals surface area contributed by atoms with Gasteiger partial charge in [0.2, 0.25) is 0 Å². The molecule has 1 spiro atoms. The van der Waals surface area contributed by atoms with Crippen LogP contribution in [0, 0.1) is 5.92 Å². The van der Waals surface area contributed by atoms with Crippen LogP contribution < -0.4 is 0 Å². The Bertz CT molecular complexity index is 443. The van der Waals surface area contributed by atoms with E-state index in [0.717, 1.165) is 31.4 Å². The molecule has 0 aliphatic carbocycles. The Morgan fingerprint density at radius 3 is 3.00 bits per heavy atom. The third-order valence-electron chi connectivity index (χ3n) is 4.23. The van der Waals surface area contributed by atoms with E-state index in [1.54, 1.807) is 0 Å². The van der Waals surface area contributed by atoms with Crippen LogP contribution in [0.1, 0.15) is 30.9 Å². The maximum absolute atomic E-state index is 10.6. The normalized spacial score (nSPS) is 32.6. The minimum absolute atomic E-state index is 0.164. The van der Waals surface area contributed by atoms with E-state index in [4.69, 9.17) is 21.1 Å². The molecule has 0 radical (unpaired) electrons. The maximum Gasteiger partial charge on any atom is 0.0940 e. The van der Waals surface area contributed by atoms with Crippen LogP contribution in [-0.4, -0.2) is 30.5 Å². The summed E-state index contributed by atoms with van der Waals surface area (Å²) in [5.41, 5.74) is 0.733. The number of ether oxygens (including phenoxy) is 2. The molecule has 1 aromatic carbocycles. The minimum atomic E-state index is -0.472. The van der Waals surface area contributed by atoms with Crippen molar-refractivity contribution in [3.8, 4) is 0 Å². The molecule has 0 aromatic heterocycles. The molecule has 0 amide bonds. The van der Waals surface area contributed by atoms with Crippen molar-refractivity contribution >= 4 is 11.6 Å². The van der Waals surface area contributed by atoms with Crippen molar-refractivity contribution in [1.29, 1.82) is 0 Å². The average Bonchev–Trinajstić information content (AvgIpc) is 2.86. The maximum atomic E-state index is 10.6. The van der Waals surface area contributed by atoms with Gasteiger partial charge in [-0.1, -0.05) is 23.7 Å². The lowest BCUT2D eigenvalue weighted by atomic mass is 9.80. The first-order valence-electron chi connectivity index (χ1n) is 6.84. The van der Waals surface area contributed by atoms with Crippen LogP contribution in [0.3, 0.4) is 0 Å². The highest BCUT2D eigenvalue weighted by Gasteiger charge is 2.42. The van der Waals surface area contributed by atoms with Crippen molar-refractivity contribution in [3.63, 3.8) is 0 Å². The lowest BCUT2D eigenvalue weighted by Gasteiger charge is -2.39. The topological polar surface area (TPSA) is 38.7 Å². The van der Waals surface area contributed by atoms with Gasteiger partial charge in [0.15, 0.2) is 0 Å². The first kappa shape index (κ1) is 13.4. The molecule has 4 heteroatoms. The summed E-state index contributed by atoms with van der Waals surface area (Å²) in [6.07, 6.45) is 2.21. The van der Waals surface area contributed by atoms with Crippen LogP contribution in [0.15, 0.2) is 24.3 Å². The van der Waals surface area contributed by atoms with Crippen LogP contribution in [0.5, 0.6) is 0 Å². The second-order valence-electron chi connectivity index (χ2n) is 5.59. The van der Waals surface area contributed by atoms with Crippen LogP contribution >= 0.6 is 11.6 Å². The Morgan fingerprint density at radius 2 is 2.26 bits per heavy atom. The van der Waals surface area contributed by atoms with Gasteiger partial charge in [-0.3, -0.25) is 0 Å². The summed E-state index contributed by atoms with van der Waals surface area (Å²) in [5, 5.41) is 11.2. The molecular weight excluding hydrogens is 264 g/mol. The van der Waals surface area contributed by atoms with E-state index in [2.05, 4.69) is 0 Å². The van der Waals surface area contributed by atoms with Crippen molar-refractivity contribution in [2.24, 2.45) is 5.92 Å². The van der Waals surface area contributed by atoms with Gasteiger partial charge in [0.1, 0.15) is 0 Å². The summed E-state index contributed by atoms with van der Waals surface area (Å²) in [6.45, 7) is 2.12. The van der Waals surface area contributed by atoms with Crippen molar-refractivity contribution in [2.75, 3.05) is 19.8 Å². The summed E-state index contributed by atoms with van der Waals surface area (Å²) >= 11 is 5.99. The van der Waals surface area contributed by atoms with E-state index in [1.807, 2.05) is 24.3 Å². The van der Waals surface area contributed by atoms with Crippen molar-refractivity contribution in [3.05, 3.63) is 34.9 Å². The SMILES string of the molecule is OC(c1cccc(Cl)c1)C1CCOC2(CCOC2)C1. The largest absolute Gasteiger partial charge is 0.388 e. The fraction of sp³-hybridized carbons (Fsp3) is 0.600. The lowest BCUT2D eigenvalue weighted by Crippen LogP contribution is -2.41. The molecule has 2 aliphatic rings. The number of benzene rings is 1. The second kappa shape index (κ2) is 5.41. The minimum Gasteiger partial charge on any atom is -0.388 e. The molecule has 3 nitrogen and oxygen atoms in total. The first-order valence-corrected chi connectivity index (χ1v) is 7.22. The Hall–Kier alpha value is -0.610. The van der Waals surface area contributed by atoms with E-state index in [9.17, 15) is 5.11 Å². The van der Waals surface area contributed by atoms with E-state index < -0.39 is 6.10 Å². The van der Waals surface area contributed by atoms with Gasteiger partial charge in [-0.15, -0.1) is 0 Å². The Kier molecular flexibility index (Phi) is 3.81. The van der Waals surface area contributed by atoms with Crippen LogP contribution in [0.2, 0.25) is 5.02 Å². The summed E-state index contributed by atoms with van der Waals surface area (Å²) in [6, 6.07) is 7.49. The highest BCUT2D eigenvalue weighted by molar-refractivity contribution is 6.30. The Balaban J connectivity index is 1.74. The van der Waals surface area contributed by atoms with Crippen LogP contribution in [-0.2, 0) is 9.47 Å². The molecule has 2 heterocycles. The fourth-order valence-corrected chi connectivity index (χ4v) is 3.36. The standard InChI is InChI=1S/C15H19ClO3/c16-13-3-1-2-11(8-13)14(17)12-4-6-19-15(9-12)5-7-18-10-15/h1-3,8,12,14,17H,4-7,9-10H2.